The summed E-state index contributed by atoms with van der Waals surface area (Å²) in [6.07, 6.45) is -4.14. The first kappa shape index (κ1) is 24.3. The Morgan fingerprint density at radius 3 is 2.38 bits per heavy atom. The van der Waals surface area contributed by atoms with E-state index >= 15 is 0 Å². The topological polar surface area (TPSA) is 75.7 Å². The van der Waals surface area contributed by atoms with Crippen LogP contribution in [-0.2, 0) is 21.0 Å². The standard InChI is InChI=1S/C21H22ClF3N2O4S/c1-13-11-16(4-6-19(13)31-2)32(29,30)27-9-7-14(8-10-27)20(28)26-15-3-5-18(22)17(12-15)21(23,24)25/h3-6,11-12,14H,7-10H2,1-2H3,(H,26,28). The number of nitrogens with zero attached hydrogens (tertiary/aromatic N) is 1. The molecule has 1 fully saturated rings. The number of anilines is 1. The molecule has 0 saturated carbocycles. The van der Waals surface area contributed by atoms with Crippen molar-refractivity contribution in [1.29, 1.82) is 0 Å². The van der Waals surface area contributed by atoms with Gasteiger partial charge in [0.15, 0.2) is 0 Å². The van der Waals surface area contributed by atoms with Crippen LogP contribution in [0.25, 0.3) is 0 Å². The zero-order valence-electron chi connectivity index (χ0n) is 17.4. The molecule has 0 radical (unpaired) electrons. The molecule has 1 amide bonds. The van der Waals surface area contributed by atoms with Gasteiger partial charge >= 0.3 is 6.18 Å². The van der Waals surface area contributed by atoms with Crippen molar-refractivity contribution in [3.63, 3.8) is 0 Å². The highest BCUT2D eigenvalue weighted by Gasteiger charge is 2.35. The first-order valence-electron chi connectivity index (χ1n) is 9.76. The smallest absolute Gasteiger partial charge is 0.417 e. The summed E-state index contributed by atoms with van der Waals surface area (Å²) in [5.41, 5.74) is -0.368. The summed E-state index contributed by atoms with van der Waals surface area (Å²) >= 11 is 5.60. The lowest BCUT2D eigenvalue weighted by atomic mass is 9.97. The van der Waals surface area contributed by atoms with Gasteiger partial charge in [0.1, 0.15) is 5.75 Å². The number of halogens is 4. The molecule has 1 heterocycles. The lowest BCUT2D eigenvalue weighted by Crippen LogP contribution is -2.41. The fourth-order valence-corrected chi connectivity index (χ4v) is 5.36. The second-order valence-electron chi connectivity index (χ2n) is 7.49. The summed E-state index contributed by atoms with van der Waals surface area (Å²) in [6, 6.07) is 7.74. The van der Waals surface area contributed by atoms with Crippen molar-refractivity contribution in [2.24, 2.45) is 5.92 Å². The Bertz CT molecular complexity index is 1110. The van der Waals surface area contributed by atoms with Crippen LogP contribution in [0.4, 0.5) is 18.9 Å². The van der Waals surface area contributed by atoms with E-state index in [1.165, 1.54) is 29.6 Å². The van der Waals surface area contributed by atoms with Gasteiger partial charge in [0.05, 0.1) is 22.6 Å². The first-order valence-corrected chi connectivity index (χ1v) is 11.6. The van der Waals surface area contributed by atoms with Gasteiger partial charge in [0, 0.05) is 24.7 Å². The van der Waals surface area contributed by atoms with Crippen molar-refractivity contribution in [3.05, 3.63) is 52.5 Å². The molecule has 1 aliphatic rings. The van der Waals surface area contributed by atoms with Gasteiger partial charge in [-0.2, -0.15) is 17.5 Å². The van der Waals surface area contributed by atoms with Gasteiger partial charge in [-0.1, -0.05) is 11.6 Å². The van der Waals surface area contributed by atoms with E-state index in [1.54, 1.807) is 13.0 Å². The van der Waals surface area contributed by atoms with Crippen LogP contribution in [0.15, 0.2) is 41.3 Å². The van der Waals surface area contributed by atoms with Gasteiger partial charge in [0.2, 0.25) is 15.9 Å². The summed E-state index contributed by atoms with van der Waals surface area (Å²) in [5, 5.41) is 2.02. The van der Waals surface area contributed by atoms with Crippen LogP contribution in [0, 0.1) is 12.8 Å². The molecule has 32 heavy (non-hydrogen) atoms. The minimum absolute atomic E-state index is 0.0181. The number of methoxy groups -OCH3 is 1. The fraction of sp³-hybridized carbons (Fsp3) is 0.381. The number of nitrogens with one attached hydrogen (secondary N) is 1. The van der Waals surface area contributed by atoms with Crippen molar-refractivity contribution >= 4 is 33.2 Å². The summed E-state index contributed by atoms with van der Waals surface area (Å²) in [7, 11) is -2.24. The van der Waals surface area contributed by atoms with E-state index in [0.717, 1.165) is 12.1 Å². The number of hydrogen-bond donors (Lipinski definition) is 1. The van der Waals surface area contributed by atoms with Gasteiger partial charge < -0.3 is 10.1 Å². The third-order valence-corrected chi connectivity index (χ3v) is 7.59. The Hall–Kier alpha value is -2.30. The first-order chi connectivity index (χ1) is 14.9. The largest absolute Gasteiger partial charge is 0.496 e. The van der Waals surface area contributed by atoms with Crippen LogP contribution >= 0.6 is 11.6 Å². The number of benzene rings is 2. The molecule has 0 aliphatic carbocycles. The summed E-state index contributed by atoms with van der Waals surface area (Å²) in [6.45, 7) is 2.00. The molecule has 1 saturated heterocycles. The molecule has 174 valence electrons. The van der Waals surface area contributed by atoms with Crippen LogP contribution in [0.1, 0.15) is 24.0 Å². The fourth-order valence-electron chi connectivity index (χ4n) is 3.58. The molecule has 0 bridgehead atoms. The van der Waals surface area contributed by atoms with Crippen LogP contribution < -0.4 is 10.1 Å². The van der Waals surface area contributed by atoms with Crippen LogP contribution in [0.5, 0.6) is 5.75 Å². The maximum absolute atomic E-state index is 13.0. The minimum atomic E-state index is -4.64. The molecule has 2 aromatic rings. The van der Waals surface area contributed by atoms with Gasteiger partial charge in [-0.3, -0.25) is 4.79 Å². The number of amides is 1. The Morgan fingerprint density at radius 2 is 1.81 bits per heavy atom. The highest BCUT2D eigenvalue weighted by atomic mass is 35.5. The Kier molecular flexibility index (Phi) is 7.06. The van der Waals surface area contributed by atoms with E-state index in [9.17, 15) is 26.4 Å². The number of ether oxygens (including phenoxy) is 1. The van der Waals surface area contributed by atoms with E-state index in [1.807, 2.05) is 0 Å². The van der Waals surface area contributed by atoms with Crippen molar-refractivity contribution in [3.8, 4) is 5.75 Å². The third kappa shape index (κ3) is 5.19. The van der Waals surface area contributed by atoms with Crippen molar-refractivity contribution in [2.45, 2.75) is 30.8 Å². The Morgan fingerprint density at radius 1 is 1.16 bits per heavy atom. The average molecular weight is 491 g/mol. The van der Waals surface area contributed by atoms with E-state index in [-0.39, 0.29) is 36.5 Å². The number of carbonyl (C=O) groups excluding carboxylic acids is 1. The SMILES string of the molecule is COc1ccc(S(=O)(=O)N2CCC(C(=O)Nc3ccc(Cl)c(C(F)(F)F)c3)CC2)cc1C. The van der Waals surface area contributed by atoms with Crippen LogP contribution in [0.2, 0.25) is 5.02 Å². The zero-order chi connectivity index (χ0) is 23.7. The lowest BCUT2D eigenvalue weighted by Gasteiger charge is -2.30. The number of sulfonamides is 1. The van der Waals surface area contributed by atoms with Crippen molar-refractivity contribution in [1.82, 2.24) is 4.31 Å². The van der Waals surface area contributed by atoms with Gasteiger partial charge in [-0.15, -0.1) is 0 Å². The second-order valence-corrected chi connectivity index (χ2v) is 9.84. The average Bonchev–Trinajstić information content (AvgIpc) is 2.74. The van der Waals surface area contributed by atoms with Crippen LogP contribution in [0.3, 0.4) is 0 Å². The maximum Gasteiger partial charge on any atom is 0.417 e. The summed E-state index contributed by atoms with van der Waals surface area (Å²) < 4.78 is 71.4. The molecule has 11 heteroatoms. The van der Waals surface area contributed by atoms with E-state index in [2.05, 4.69) is 5.32 Å². The Balaban J connectivity index is 1.65. The number of hydrogen-bond acceptors (Lipinski definition) is 4. The quantitative estimate of drug-likeness (QED) is 0.658. The highest BCUT2D eigenvalue weighted by Crippen LogP contribution is 2.36. The molecule has 1 aliphatic heterocycles. The minimum Gasteiger partial charge on any atom is -0.496 e. The molecule has 0 unspecified atom stereocenters. The molecule has 6 nitrogen and oxygen atoms in total. The molecule has 0 aromatic heterocycles. The second kappa shape index (κ2) is 9.29. The summed E-state index contributed by atoms with van der Waals surface area (Å²) in [5.74, 6) is -0.405. The van der Waals surface area contributed by atoms with E-state index in [0.29, 0.717) is 11.3 Å². The molecule has 1 N–H and O–H groups in total. The molecule has 2 aromatic carbocycles. The number of aryl methyl sites for hydroxylation is 1. The number of rotatable bonds is 5. The summed E-state index contributed by atoms with van der Waals surface area (Å²) in [4.78, 5) is 12.7. The molecule has 0 atom stereocenters. The number of alkyl halides is 3. The van der Waals surface area contributed by atoms with Crippen molar-refractivity contribution < 1.29 is 31.1 Å². The predicted molar refractivity (Wildman–Crippen MR) is 114 cm³/mol. The number of carbonyl (C=O) groups is 1. The normalized spacial score (nSPS) is 16.1. The highest BCUT2D eigenvalue weighted by molar-refractivity contribution is 7.89. The van der Waals surface area contributed by atoms with Crippen molar-refractivity contribution in [2.75, 3.05) is 25.5 Å². The predicted octanol–water partition coefficient (Wildman–Crippen LogP) is 4.72. The number of piperidine rings is 1. The monoisotopic (exact) mass is 490 g/mol. The van der Waals surface area contributed by atoms with E-state index < -0.39 is 38.6 Å². The van der Waals surface area contributed by atoms with Gasteiger partial charge in [-0.25, -0.2) is 8.42 Å². The van der Waals surface area contributed by atoms with E-state index in [4.69, 9.17) is 16.3 Å². The third-order valence-electron chi connectivity index (χ3n) is 5.37. The van der Waals surface area contributed by atoms with Crippen LogP contribution in [-0.4, -0.2) is 38.8 Å². The lowest BCUT2D eigenvalue weighted by molar-refractivity contribution is -0.137. The molecule has 3 rings (SSSR count). The van der Waals surface area contributed by atoms with Gasteiger partial charge in [0.25, 0.3) is 0 Å². The maximum atomic E-state index is 13.0. The Labute approximate surface area is 189 Å². The molecule has 0 spiro atoms. The molecular weight excluding hydrogens is 469 g/mol. The molecular formula is C21H22ClF3N2O4S. The van der Waals surface area contributed by atoms with Gasteiger partial charge in [-0.05, 0) is 61.7 Å². The zero-order valence-corrected chi connectivity index (χ0v) is 18.9.